The van der Waals surface area contributed by atoms with Gasteiger partial charge in [-0.25, -0.2) is 0 Å². The van der Waals surface area contributed by atoms with Gasteiger partial charge in [-0.1, -0.05) is 0 Å². The summed E-state index contributed by atoms with van der Waals surface area (Å²) in [5.41, 5.74) is 0.403. The van der Waals surface area contributed by atoms with Crippen molar-refractivity contribution in [3.05, 3.63) is 24.3 Å². The van der Waals surface area contributed by atoms with E-state index >= 15 is 0 Å². The molecule has 3 atom stereocenters. The van der Waals surface area contributed by atoms with E-state index in [1.807, 2.05) is 11.8 Å². The minimum Gasteiger partial charge on any atom is -0.469 e. The molecule has 0 heterocycles. The van der Waals surface area contributed by atoms with E-state index in [4.69, 9.17) is 4.74 Å². The molecule has 2 aliphatic rings. The molecule has 0 N–H and O–H groups in total. The van der Waals surface area contributed by atoms with E-state index in [0.29, 0.717) is 5.41 Å². The number of methoxy groups -OCH3 is 1. The monoisotopic (exact) mass is 322 g/mol. The highest BCUT2D eigenvalue weighted by Gasteiger charge is 2.57. The average molecular weight is 322 g/mol. The molecule has 0 radical (unpaired) electrons. The maximum atomic E-state index is 11.8. The fourth-order valence-electron chi connectivity index (χ4n) is 3.59. The molecule has 1 aromatic carbocycles. The second kappa shape index (κ2) is 6.25. The Morgan fingerprint density at radius 1 is 1.24 bits per heavy atom. The number of thioether (sulfide) groups is 2. The van der Waals surface area contributed by atoms with Gasteiger partial charge in [0.25, 0.3) is 0 Å². The Kier molecular flexibility index (Phi) is 4.55. The summed E-state index contributed by atoms with van der Waals surface area (Å²) in [6, 6.07) is 8.80. The Morgan fingerprint density at radius 3 is 2.62 bits per heavy atom. The highest BCUT2D eigenvalue weighted by Crippen LogP contribution is 2.64. The molecule has 2 nitrogen and oxygen atoms in total. The van der Waals surface area contributed by atoms with Crippen LogP contribution in [-0.2, 0) is 9.53 Å². The molecular weight excluding hydrogens is 300 g/mol. The van der Waals surface area contributed by atoms with Crippen molar-refractivity contribution in [3.8, 4) is 0 Å². The van der Waals surface area contributed by atoms with Crippen LogP contribution < -0.4 is 0 Å². The van der Waals surface area contributed by atoms with Crippen molar-refractivity contribution in [2.24, 2.45) is 17.3 Å². The van der Waals surface area contributed by atoms with Crippen molar-refractivity contribution in [3.63, 3.8) is 0 Å². The van der Waals surface area contributed by atoms with Crippen LogP contribution in [0.4, 0.5) is 0 Å². The lowest BCUT2D eigenvalue weighted by atomic mass is 9.82. The van der Waals surface area contributed by atoms with Gasteiger partial charge < -0.3 is 4.74 Å². The molecular formula is C17H22O2S2. The number of rotatable bonds is 5. The minimum absolute atomic E-state index is 0.00551. The molecule has 2 aliphatic carbocycles. The molecule has 0 saturated heterocycles. The molecule has 0 bridgehead atoms. The van der Waals surface area contributed by atoms with E-state index in [1.54, 1.807) is 11.8 Å². The van der Waals surface area contributed by atoms with Crippen LogP contribution in [-0.4, -0.2) is 25.1 Å². The van der Waals surface area contributed by atoms with Crippen LogP contribution in [0.15, 0.2) is 34.1 Å². The molecule has 4 heteroatoms. The van der Waals surface area contributed by atoms with Gasteiger partial charge in [-0.2, -0.15) is 0 Å². The number of fused-ring (bicyclic) bond motifs is 1. The van der Waals surface area contributed by atoms with E-state index in [1.165, 1.54) is 29.7 Å². The Bertz CT molecular complexity index is 514. The van der Waals surface area contributed by atoms with Gasteiger partial charge in [0.15, 0.2) is 0 Å². The maximum absolute atomic E-state index is 11.8. The molecule has 114 valence electrons. The summed E-state index contributed by atoms with van der Waals surface area (Å²) < 4.78 is 4.94. The first-order chi connectivity index (χ1) is 10.2. The quantitative estimate of drug-likeness (QED) is 0.590. The zero-order valence-corrected chi connectivity index (χ0v) is 14.3. The average Bonchev–Trinajstić information content (AvgIpc) is 3.26. The number of carbonyl (C=O) groups is 1. The van der Waals surface area contributed by atoms with Crippen molar-refractivity contribution in [2.45, 2.75) is 35.5 Å². The SMILES string of the molecule is COC(=O)C1CCC2CC2(CSc2ccc(SC)cc2)C1. The van der Waals surface area contributed by atoms with Crippen molar-refractivity contribution < 1.29 is 9.53 Å². The molecule has 0 aromatic heterocycles. The van der Waals surface area contributed by atoms with Gasteiger partial charge in [0.05, 0.1) is 13.0 Å². The first kappa shape index (κ1) is 15.3. The first-order valence-corrected chi connectivity index (χ1v) is 9.72. The molecule has 0 amide bonds. The van der Waals surface area contributed by atoms with Gasteiger partial charge in [0.1, 0.15) is 0 Å². The number of hydrogen-bond donors (Lipinski definition) is 0. The van der Waals surface area contributed by atoms with Crippen molar-refractivity contribution >= 4 is 29.5 Å². The van der Waals surface area contributed by atoms with E-state index in [2.05, 4.69) is 30.5 Å². The molecule has 0 aliphatic heterocycles. The minimum atomic E-state index is -0.00551. The number of ether oxygens (including phenoxy) is 1. The Labute approximate surface area is 135 Å². The third-order valence-corrected chi connectivity index (χ3v) is 7.06. The van der Waals surface area contributed by atoms with Crippen LogP contribution in [0.5, 0.6) is 0 Å². The number of benzene rings is 1. The molecule has 3 rings (SSSR count). The third-order valence-electron chi connectivity index (χ3n) is 5.00. The molecule has 2 fully saturated rings. The number of esters is 1. The molecule has 0 spiro atoms. The lowest BCUT2D eigenvalue weighted by Crippen LogP contribution is -2.26. The molecule has 3 unspecified atom stereocenters. The van der Waals surface area contributed by atoms with Crippen LogP contribution in [0.1, 0.15) is 25.7 Å². The van der Waals surface area contributed by atoms with Crippen LogP contribution in [0.25, 0.3) is 0 Å². The Hall–Kier alpha value is -0.610. The Balaban J connectivity index is 1.58. The fraction of sp³-hybridized carbons (Fsp3) is 0.588. The lowest BCUT2D eigenvalue weighted by Gasteiger charge is -2.27. The van der Waals surface area contributed by atoms with Gasteiger partial charge >= 0.3 is 5.97 Å². The van der Waals surface area contributed by atoms with Crippen molar-refractivity contribution in [1.29, 1.82) is 0 Å². The fourth-order valence-corrected chi connectivity index (χ4v) is 5.25. The van der Waals surface area contributed by atoms with Crippen LogP contribution in [0.2, 0.25) is 0 Å². The van der Waals surface area contributed by atoms with E-state index < -0.39 is 0 Å². The van der Waals surface area contributed by atoms with Gasteiger partial charge in [-0.3, -0.25) is 4.79 Å². The molecule has 21 heavy (non-hydrogen) atoms. The predicted molar refractivity (Wildman–Crippen MR) is 88.8 cm³/mol. The third kappa shape index (κ3) is 3.26. The highest BCUT2D eigenvalue weighted by molar-refractivity contribution is 7.99. The second-order valence-corrected chi connectivity index (χ2v) is 8.16. The molecule has 1 aromatic rings. The van der Waals surface area contributed by atoms with Crippen LogP contribution in [0.3, 0.4) is 0 Å². The number of hydrogen-bond acceptors (Lipinski definition) is 4. The topological polar surface area (TPSA) is 26.3 Å². The zero-order valence-electron chi connectivity index (χ0n) is 12.6. The van der Waals surface area contributed by atoms with Gasteiger partial charge in [0.2, 0.25) is 0 Å². The van der Waals surface area contributed by atoms with Gasteiger partial charge in [-0.15, -0.1) is 23.5 Å². The van der Waals surface area contributed by atoms with Crippen molar-refractivity contribution in [2.75, 3.05) is 19.1 Å². The van der Waals surface area contributed by atoms with E-state index in [-0.39, 0.29) is 11.9 Å². The lowest BCUT2D eigenvalue weighted by molar-refractivity contribution is -0.147. The summed E-state index contributed by atoms with van der Waals surface area (Å²) in [4.78, 5) is 14.4. The van der Waals surface area contributed by atoms with E-state index in [9.17, 15) is 4.79 Å². The van der Waals surface area contributed by atoms with Crippen LogP contribution >= 0.6 is 23.5 Å². The smallest absolute Gasteiger partial charge is 0.308 e. The van der Waals surface area contributed by atoms with E-state index in [0.717, 1.165) is 24.5 Å². The standard InChI is InChI=1S/C17H22O2S2/c1-19-16(18)12-3-4-13-10-17(13,9-12)11-21-15-7-5-14(20-2)6-8-15/h5-8,12-13H,3-4,9-11H2,1-2H3. The molecule has 2 saturated carbocycles. The number of carbonyl (C=O) groups excluding carboxylic acids is 1. The summed E-state index contributed by atoms with van der Waals surface area (Å²) in [6.45, 7) is 0. The summed E-state index contributed by atoms with van der Waals surface area (Å²) >= 11 is 3.72. The van der Waals surface area contributed by atoms with Crippen molar-refractivity contribution in [1.82, 2.24) is 0 Å². The summed E-state index contributed by atoms with van der Waals surface area (Å²) in [5, 5.41) is 0. The first-order valence-electron chi connectivity index (χ1n) is 7.51. The summed E-state index contributed by atoms with van der Waals surface area (Å²) in [7, 11) is 1.51. The normalized spacial score (nSPS) is 30.6. The second-order valence-electron chi connectivity index (χ2n) is 6.23. The predicted octanol–water partition coefficient (Wildman–Crippen LogP) is 4.48. The van der Waals surface area contributed by atoms with Gasteiger partial charge in [0, 0.05) is 15.5 Å². The summed E-state index contributed by atoms with van der Waals surface area (Å²) in [5.74, 6) is 2.11. The highest BCUT2D eigenvalue weighted by atomic mass is 32.2. The largest absolute Gasteiger partial charge is 0.469 e. The van der Waals surface area contributed by atoms with Crippen LogP contribution in [0, 0.1) is 17.3 Å². The summed E-state index contributed by atoms with van der Waals surface area (Å²) in [6.07, 6.45) is 6.65. The zero-order chi connectivity index (χ0) is 14.9. The Morgan fingerprint density at radius 2 is 1.95 bits per heavy atom. The maximum Gasteiger partial charge on any atom is 0.308 e. The van der Waals surface area contributed by atoms with Gasteiger partial charge in [-0.05, 0) is 67.5 Å².